The van der Waals surface area contributed by atoms with E-state index in [4.69, 9.17) is 4.74 Å². The minimum atomic E-state index is -4.89. The fraction of sp³-hybridized carbons (Fsp3) is 0.286. The molecular formula is C21H20F4N4O2. The lowest BCUT2D eigenvalue weighted by Crippen LogP contribution is -2.29. The SMILES string of the molecule is CC(C)Oc1ccc(CCNC(=O)c2nnn(-c3ccc(F)cc3)c2C(F)(F)F)cc1. The van der Waals surface area contributed by atoms with E-state index in [1.54, 1.807) is 12.1 Å². The number of hydrogen-bond acceptors (Lipinski definition) is 4. The van der Waals surface area contributed by atoms with Gasteiger partial charge in [-0.2, -0.15) is 13.2 Å². The molecule has 3 rings (SSSR count). The summed E-state index contributed by atoms with van der Waals surface area (Å²) in [6.45, 7) is 3.92. The average Bonchev–Trinajstić information content (AvgIpc) is 3.15. The van der Waals surface area contributed by atoms with Crippen LogP contribution in [0.4, 0.5) is 17.6 Å². The lowest BCUT2D eigenvalue weighted by atomic mass is 10.1. The molecule has 0 radical (unpaired) electrons. The van der Waals surface area contributed by atoms with E-state index in [1.807, 2.05) is 26.0 Å². The van der Waals surface area contributed by atoms with Gasteiger partial charge in [0.25, 0.3) is 5.91 Å². The van der Waals surface area contributed by atoms with Crippen LogP contribution in [0.15, 0.2) is 48.5 Å². The summed E-state index contributed by atoms with van der Waals surface area (Å²) in [5.74, 6) is -0.908. The number of halogens is 4. The predicted molar refractivity (Wildman–Crippen MR) is 105 cm³/mol. The van der Waals surface area contributed by atoms with Crippen LogP contribution < -0.4 is 10.1 Å². The number of ether oxygens (including phenoxy) is 1. The van der Waals surface area contributed by atoms with Gasteiger partial charge in [0, 0.05) is 6.54 Å². The largest absolute Gasteiger partial charge is 0.491 e. The van der Waals surface area contributed by atoms with Crippen molar-refractivity contribution in [3.8, 4) is 11.4 Å². The van der Waals surface area contributed by atoms with Crippen molar-refractivity contribution in [3.63, 3.8) is 0 Å². The highest BCUT2D eigenvalue weighted by molar-refractivity contribution is 5.93. The summed E-state index contributed by atoms with van der Waals surface area (Å²) in [5, 5.41) is 9.30. The number of benzene rings is 2. The number of amides is 1. The van der Waals surface area contributed by atoms with E-state index >= 15 is 0 Å². The van der Waals surface area contributed by atoms with Crippen LogP contribution in [-0.4, -0.2) is 33.5 Å². The molecule has 0 spiro atoms. The highest BCUT2D eigenvalue weighted by Crippen LogP contribution is 2.32. The number of rotatable bonds is 7. The molecule has 0 fully saturated rings. The van der Waals surface area contributed by atoms with Gasteiger partial charge in [-0.1, -0.05) is 17.3 Å². The Hall–Kier alpha value is -3.43. The van der Waals surface area contributed by atoms with Gasteiger partial charge in [-0.25, -0.2) is 9.07 Å². The second-order valence-corrected chi connectivity index (χ2v) is 6.99. The maximum atomic E-state index is 13.6. The van der Waals surface area contributed by atoms with E-state index < -0.39 is 29.3 Å². The molecule has 3 aromatic rings. The minimum absolute atomic E-state index is 0.0382. The number of hydrogen-bond donors (Lipinski definition) is 1. The van der Waals surface area contributed by atoms with Crippen LogP contribution in [0, 0.1) is 5.82 Å². The van der Waals surface area contributed by atoms with Crippen molar-refractivity contribution in [2.45, 2.75) is 32.5 Å². The van der Waals surface area contributed by atoms with Crippen LogP contribution in [0.2, 0.25) is 0 Å². The molecule has 0 saturated carbocycles. The molecule has 0 atom stereocenters. The van der Waals surface area contributed by atoms with Gasteiger partial charge in [-0.15, -0.1) is 5.10 Å². The van der Waals surface area contributed by atoms with E-state index in [0.717, 1.165) is 29.8 Å². The molecular weight excluding hydrogens is 416 g/mol. The quantitative estimate of drug-likeness (QED) is 0.564. The van der Waals surface area contributed by atoms with Crippen molar-refractivity contribution >= 4 is 5.91 Å². The first-order chi connectivity index (χ1) is 14.6. The van der Waals surface area contributed by atoms with Crippen molar-refractivity contribution in [1.82, 2.24) is 20.3 Å². The van der Waals surface area contributed by atoms with Gasteiger partial charge in [-0.05, 0) is 62.2 Å². The van der Waals surface area contributed by atoms with E-state index in [0.29, 0.717) is 16.9 Å². The molecule has 1 amide bonds. The molecule has 0 aliphatic carbocycles. The monoisotopic (exact) mass is 436 g/mol. The number of carbonyl (C=O) groups excluding carboxylic acids is 1. The molecule has 2 aromatic carbocycles. The van der Waals surface area contributed by atoms with Crippen LogP contribution in [0.3, 0.4) is 0 Å². The Kier molecular flexibility index (Phi) is 6.57. The number of nitrogens with one attached hydrogen (secondary N) is 1. The Labute approximate surface area is 175 Å². The molecule has 0 saturated heterocycles. The second-order valence-electron chi connectivity index (χ2n) is 6.99. The summed E-state index contributed by atoms with van der Waals surface area (Å²) in [4.78, 5) is 12.4. The maximum absolute atomic E-state index is 13.6. The standard InChI is InChI=1S/C21H20F4N4O2/c1-13(2)31-17-9-3-14(4-10-17)11-12-26-20(30)18-19(21(23,24)25)29(28-27-18)16-7-5-15(22)6-8-16/h3-10,13H,11-12H2,1-2H3,(H,26,30). The smallest absolute Gasteiger partial charge is 0.435 e. The summed E-state index contributed by atoms with van der Waals surface area (Å²) in [6, 6.07) is 11.4. The lowest BCUT2D eigenvalue weighted by molar-refractivity contribution is -0.143. The van der Waals surface area contributed by atoms with Crippen LogP contribution in [-0.2, 0) is 12.6 Å². The Morgan fingerprint density at radius 1 is 1.10 bits per heavy atom. The molecule has 0 aliphatic heterocycles. The topological polar surface area (TPSA) is 69.0 Å². The van der Waals surface area contributed by atoms with E-state index in [1.165, 1.54) is 0 Å². The Bertz CT molecular complexity index is 1030. The summed E-state index contributed by atoms with van der Waals surface area (Å²) in [7, 11) is 0. The molecule has 1 aromatic heterocycles. The van der Waals surface area contributed by atoms with Gasteiger partial charge >= 0.3 is 6.18 Å². The summed E-state index contributed by atoms with van der Waals surface area (Å²) >= 11 is 0. The maximum Gasteiger partial charge on any atom is 0.435 e. The molecule has 0 bridgehead atoms. The third-order valence-corrected chi connectivity index (χ3v) is 4.22. The Morgan fingerprint density at radius 2 is 1.74 bits per heavy atom. The summed E-state index contributed by atoms with van der Waals surface area (Å²) in [6.07, 6.45) is -4.45. The molecule has 0 aliphatic rings. The van der Waals surface area contributed by atoms with Gasteiger partial charge in [-0.3, -0.25) is 4.79 Å². The first-order valence-corrected chi connectivity index (χ1v) is 9.48. The first kappa shape index (κ1) is 22.3. The molecule has 1 N–H and O–H groups in total. The zero-order valence-corrected chi connectivity index (χ0v) is 16.8. The molecule has 10 heteroatoms. The molecule has 164 valence electrons. The molecule has 6 nitrogen and oxygen atoms in total. The Morgan fingerprint density at radius 3 is 2.32 bits per heavy atom. The Balaban J connectivity index is 1.71. The van der Waals surface area contributed by atoms with E-state index in [2.05, 4.69) is 15.6 Å². The summed E-state index contributed by atoms with van der Waals surface area (Å²) < 4.78 is 60.0. The zero-order valence-electron chi connectivity index (χ0n) is 16.8. The van der Waals surface area contributed by atoms with Gasteiger partial charge in [0.1, 0.15) is 11.6 Å². The summed E-state index contributed by atoms with van der Waals surface area (Å²) in [5.41, 5.74) is -1.37. The lowest BCUT2D eigenvalue weighted by Gasteiger charge is -2.12. The van der Waals surface area contributed by atoms with Crippen molar-refractivity contribution in [2.75, 3.05) is 6.54 Å². The van der Waals surface area contributed by atoms with Crippen molar-refractivity contribution in [3.05, 3.63) is 71.3 Å². The van der Waals surface area contributed by atoms with Crippen LogP contribution in [0.25, 0.3) is 5.69 Å². The highest BCUT2D eigenvalue weighted by Gasteiger charge is 2.41. The predicted octanol–water partition coefficient (Wildman–Crippen LogP) is 4.18. The van der Waals surface area contributed by atoms with Gasteiger partial charge in [0.05, 0.1) is 11.8 Å². The zero-order chi connectivity index (χ0) is 22.6. The number of aromatic nitrogens is 3. The normalized spacial score (nSPS) is 11.6. The van der Waals surface area contributed by atoms with Crippen LogP contribution in [0.5, 0.6) is 5.75 Å². The molecule has 1 heterocycles. The number of carbonyl (C=O) groups is 1. The third-order valence-electron chi connectivity index (χ3n) is 4.22. The van der Waals surface area contributed by atoms with Gasteiger partial charge in [0.15, 0.2) is 11.4 Å². The van der Waals surface area contributed by atoms with Crippen molar-refractivity contribution in [1.29, 1.82) is 0 Å². The number of alkyl halides is 3. The molecule has 0 unspecified atom stereocenters. The van der Waals surface area contributed by atoms with E-state index in [-0.39, 0.29) is 18.3 Å². The van der Waals surface area contributed by atoms with Crippen LogP contribution in [0.1, 0.15) is 35.6 Å². The van der Waals surface area contributed by atoms with Gasteiger partial charge < -0.3 is 10.1 Å². The average molecular weight is 436 g/mol. The third kappa shape index (κ3) is 5.59. The first-order valence-electron chi connectivity index (χ1n) is 9.48. The fourth-order valence-electron chi connectivity index (χ4n) is 2.86. The number of nitrogens with zero attached hydrogens (tertiary/aromatic N) is 3. The molecule has 31 heavy (non-hydrogen) atoms. The van der Waals surface area contributed by atoms with E-state index in [9.17, 15) is 22.4 Å². The van der Waals surface area contributed by atoms with Crippen molar-refractivity contribution in [2.24, 2.45) is 0 Å². The minimum Gasteiger partial charge on any atom is -0.491 e. The fourth-order valence-corrected chi connectivity index (χ4v) is 2.86. The van der Waals surface area contributed by atoms with Crippen molar-refractivity contribution < 1.29 is 27.1 Å². The van der Waals surface area contributed by atoms with Crippen LogP contribution >= 0.6 is 0 Å². The van der Waals surface area contributed by atoms with Gasteiger partial charge in [0.2, 0.25) is 0 Å². The highest BCUT2D eigenvalue weighted by atomic mass is 19.4. The second kappa shape index (κ2) is 9.15.